The van der Waals surface area contributed by atoms with E-state index in [-0.39, 0.29) is 11.4 Å². The topological polar surface area (TPSA) is 75.4 Å². The average molecular weight is 298 g/mol. The smallest absolute Gasteiger partial charge is 0.416 e. The van der Waals surface area contributed by atoms with Gasteiger partial charge in [0.1, 0.15) is 11.4 Å². The summed E-state index contributed by atoms with van der Waals surface area (Å²) in [4.78, 5) is 10.0. The molecule has 110 valence electrons. The third kappa shape index (κ3) is 3.41. The molecule has 8 heteroatoms. The van der Waals surface area contributed by atoms with E-state index < -0.39 is 22.4 Å². The Morgan fingerprint density at radius 3 is 2.24 bits per heavy atom. The number of hydrogen-bond acceptors (Lipinski definition) is 4. The number of benzene rings is 2. The Labute approximate surface area is 116 Å². The van der Waals surface area contributed by atoms with Crippen LogP contribution < -0.4 is 5.32 Å². The molecule has 0 aromatic heterocycles. The van der Waals surface area contributed by atoms with E-state index in [0.717, 1.165) is 12.1 Å². The maximum atomic E-state index is 12.6. The minimum Gasteiger partial charge on any atom is -0.508 e. The zero-order valence-electron chi connectivity index (χ0n) is 10.4. The molecule has 0 radical (unpaired) electrons. The van der Waals surface area contributed by atoms with Crippen LogP contribution in [0.2, 0.25) is 0 Å². The molecular weight excluding hydrogens is 289 g/mol. The normalized spacial score (nSPS) is 11.2. The van der Waals surface area contributed by atoms with E-state index in [2.05, 4.69) is 5.32 Å². The van der Waals surface area contributed by atoms with E-state index in [1.807, 2.05) is 0 Å². The van der Waals surface area contributed by atoms with Crippen molar-refractivity contribution in [2.75, 3.05) is 5.32 Å². The van der Waals surface area contributed by atoms with Crippen LogP contribution in [0.4, 0.5) is 30.2 Å². The number of alkyl halides is 3. The van der Waals surface area contributed by atoms with Crippen LogP contribution in [0, 0.1) is 10.1 Å². The summed E-state index contributed by atoms with van der Waals surface area (Å²) >= 11 is 0. The maximum absolute atomic E-state index is 12.6. The van der Waals surface area contributed by atoms with Crippen LogP contribution in [0.5, 0.6) is 5.75 Å². The van der Waals surface area contributed by atoms with Crippen LogP contribution in [0.25, 0.3) is 0 Å². The van der Waals surface area contributed by atoms with Crippen molar-refractivity contribution >= 4 is 17.1 Å². The van der Waals surface area contributed by atoms with E-state index in [0.29, 0.717) is 11.8 Å². The van der Waals surface area contributed by atoms with Gasteiger partial charge in [0.2, 0.25) is 0 Å². The van der Waals surface area contributed by atoms with Gasteiger partial charge in [-0.05, 0) is 36.4 Å². The number of phenols is 1. The van der Waals surface area contributed by atoms with Crippen LogP contribution in [-0.2, 0) is 6.18 Å². The van der Waals surface area contributed by atoms with Crippen molar-refractivity contribution in [3.05, 3.63) is 58.1 Å². The van der Waals surface area contributed by atoms with Gasteiger partial charge in [-0.2, -0.15) is 13.2 Å². The van der Waals surface area contributed by atoms with E-state index in [4.69, 9.17) is 5.11 Å². The molecule has 0 bridgehead atoms. The van der Waals surface area contributed by atoms with Gasteiger partial charge < -0.3 is 10.4 Å². The highest BCUT2D eigenvalue weighted by Crippen LogP contribution is 2.36. The number of aromatic hydroxyl groups is 1. The van der Waals surface area contributed by atoms with Crippen LogP contribution in [0.1, 0.15) is 5.56 Å². The third-order valence-electron chi connectivity index (χ3n) is 2.67. The van der Waals surface area contributed by atoms with Crippen molar-refractivity contribution in [3.63, 3.8) is 0 Å². The number of nitro groups is 1. The molecule has 0 heterocycles. The molecule has 2 aromatic carbocycles. The SMILES string of the molecule is O=[N+]([O-])c1cc(C(F)(F)F)ccc1Nc1ccc(O)cc1. The number of nitro benzene ring substituents is 1. The van der Waals surface area contributed by atoms with Gasteiger partial charge in [-0.25, -0.2) is 0 Å². The third-order valence-corrected chi connectivity index (χ3v) is 2.67. The predicted molar refractivity (Wildman–Crippen MR) is 69.5 cm³/mol. The number of phenolic OH excluding ortho intramolecular Hbond substituents is 1. The molecule has 0 aliphatic rings. The van der Waals surface area contributed by atoms with Gasteiger partial charge in [-0.15, -0.1) is 0 Å². The van der Waals surface area contributed by atoms with Gasteiger partial charge in [-0.3, -0.25) is 10.1 Å². The van der Waals surface area contributed by atoms with Crippen LogP contribution in [-0.4, -0.2) is 10.0 Å². The van der Waals surface area contributed by atoms with Gasteiger partial charge in [-0.1, -0.05) is 0 Å². The lowest BCUT2D eigenvalue weighted by atomic mass is 10.1. The number of nitrogens with one attached hydrogen (secondary N) is 1. The molecule has 0 unspecified atom stereocenters. The molecule has 2 rings (SSSR count). The summed E-state index contributed by atoms with van der Waals surface area (Å²) in [6.07, 6.45) is -4.65. The monoisotopic (exact) mass is 298 g/mol. The summed E-state index contributed by atoms with van der Waals surface area (Å²) in [5.74, 6) is 0.00229. The van der Waals surface area contributed by atoms with Crippen LogP contribution >= 0.6 is 0 Å². The second-order valence-electron chi connectivity index (χ2n) is 4.16. The Morgan fingerprint density at radius 1 is 1.10 bits per heavy atom. The molecule has 0 aliphatic carbocycles. The fourth-order valence-electron chi connectivity index (χ4n) is 1.66. The van der Waals surface area contributed by atoms with E-state index in [9.17, 15) is 23.3 Å². The summed E-state index contributed by atoms with van der Waals surface area (Å²) in [6.45, 7) is 0. The molecule has 5 nitrogen and oxygen atoms in total. The fraction of sp³-hybridized carbons (Fsp3) is 0.0769. The Hall–Kier alpha value is -2.77. The van der Waals surface area contributed by atoms with E-state index >= 15 is 0 Å². The Morgan fingerprint density at radius 2 is 1.71 bits per heavy atom. The lowest BCUT2D eigenvalue weighted by Crippen LogP contribution is -2.06. The van der Waals surface area contributed by atoms with Gasteiger partial charge in [0.25, 0.3) is 5.69 Å². The highest BCUT2D eigenvalue weighted by Gasteiger charge is 2.33. The van der Waals surface area contributed by atoms with Gasteiger partial charge in [0.15, 0.2) is 0 Å². The lowest BCUT2D eigenvalue weighted by Gasteiger charge is -2.10. The van der Waals surface area contributed by atoms with E-state index in [1.54, 1.807) is 0 Å². The van der Waals surface area contributed by atoms with Crippen molar-refractivity contribution in [1.29, 1.82) is 0 Å². The zero-order valence-corrected chi connectivity index (χ0v) is 10.4. The number of rotatable bonds is 3. The first kappa shape index (κ1) is 14.6. The Bertz CT molecular complexity index is 669. The fourth-order valence-corrected chi connectivity index (χ4v) is 1.66. The van der Waals surface area contributed by atoms with Gasteiger partial charge in [0, 0.05) is 11.8 Å². The standard InChI is InChI=1S/C13H9F3N2O3/c14-13(15,16)8-1-6-11(12(7-8)18(20)21)17-9-2-4-10(19)5-3-9/h1-7,17,19H. The summed E-state index contributed by atoms with van der Waals surface area (Å²) in [7, 11) is 0. The first-order chi connectivity index (χ1) is 9.77. The van der Waals surface area contributed by atoms with Crippen molar-refractivity contribution in [3.8, 4) is 5.75 Å². The first-order valence-corrected chi connectivity index (χ1v) is 5.69. The molecule has 0 fully saturated rings. The molecule has 0 saturated carbocycles. The zero-order chi connectivity index (χ0) is 15.6. The quantitative estimate of drug-likeness (QED) is 0.509. The molecule has 21 heavy (non-hydrogen) atoms. The average Bonchev–Trinajstić information content (AvgIpc) is 2.40. The highest BCUT2D eigenvalue weighted by molar-refractivity contribution is 5.70. The maximum Gasteiger partial charge on any atom is 0.416 e. The van der Waals surface area contributed by atoms with Crippen LogP contribution in [0.15, 0.2) is 42.5 Å². The van der Waals surface area contributed by atoms with Gasteiger partial charge in [0.05, 0.1) is 10.5 Å². The molecule has 2 aromatic rings. The highest BCUT2D eigenvalue weighted by atomic mass is 19.4. The summed E-state index contributed by atoms with van der Waals surface area (Å²) < 4.78 is 37.7. The minimum absolute atomic E-state index is 0.00229. The lowest BCUT2D eigenvalue weighted by molar-refractivity contribution is -0.384. The van der Waals surface area contributed by atoms with Gasteiger partial charge >= 0.3 is 6.18 Å². The van der Waals surface area contributed by atoms with Crippen molar-refractivity contribution in [1.82, 2.24) is 0 Å². The van der Waals surface area contributed by atoms with Crippen molar-refractivity contribution < 1.29 is 23.2 Å². The first-order valence-electron chi connectivity index (χ1n) is 5.69. The Balaban J connectivity index is 2.39. The largest absolute Gasteiger partial charge is 0.508 e. The summed E-state index contributed by atoms with van der Waals surface area (Å²) in [5, 5.41) is 22.7. The number of halogens is 3. The Kier molecular flexibility index (Phi) is 3.70. The molecular formula is C13H9F3N2O3. The number of anilines is 2. The molecule has 0 aliphatic heterocycles. The molecule has 0 saturated heterocycles. The summed E-state index contributed by atoms with van der Waals surface area (Å²) in [5.41, 5.74) is -1.45. The molecule has 0 spiro atoms. The number of hydrogen-bond donors (Lipinski definition) is 2. The molecule has 0 amide bonds. The van der Waals surface area contributed by atoms with Crippen LogP contribution in [0.3, 0.4) is 0 Å². The van der Waals surface area contributed by atoms with Crippen molar-refractivity contribution in [2.45, 2.75) is 6.18 Å². The minimum atomic E-state index is -4.65. The summed E-state index contributed by atoms with van der Waals surface area (Å²) in [6, 6.07) is 7.80. The second-order valence-corrected chi connectivity index (χ2v) is 4.16. The van der Waals surface area contributed by atoms with E-state index in [1.165, 1.54) is 24.3 Å². The second kappa shape index (κ2) is 5.31. The predicted octanol–water partition coefficient (Wildman–Crippen LogP) is 4.06. The van der Waals surface area contributed by atoms with Crippen molar-refractivity contribution in [2.24, 2.45) is 0 Å². The molecule has 2 N–H and O–H groups in total. The number of nitrogens with zero attached hydrogens (tertiary/aromatic N) is 1. The molecule has 0 atom stereocenters.